The van der Waals surface area contributed by atoms with E-state index in [9.17, 15) is 0 Å². The summed E-state index contributed by atoms with van der Waals surface area (Å²) in [6.45, 7) is 0. The van der Waals surface area contributed by atoms with E-state index in [-0.39, 0.29) is 25.9 Å². The molecular formula is C6H5BrI2Mg. The van der Waals surface area contributed by atoms with Crippen LogP contribution in [0.2, 0.25) is 0 Å². The molecule has 0 aromatic heterocycles. The maximum absolute atomic E-state index is 3.40. The molecule has 52 valence electrons. The Labute approximate surface area is 115 Å². The van der Waals surface area contributed by atoms with Crippen molar-refractivity contribution >= 4 is 84.2 Å². The molecule has 0 atom stereocenters. The van der Waals surface area contributed by atoms with Crippen LogP contribution in [0.15, 0.2) is 22.7 Å². The van der Waals surface area contributed by atoms with Crippen LogP contribution in [0, 0.1) is 7.14 Å². The fraction of sp³-hybridized carbons (Fsp3) is 0. The van der Waals surface area contributed by atoms with Gasteiger partial charge in [-0.15, -0.1) is 0 Å². The summed E-state index contributed by atoms with van der Waals surface area (Å²) in [6, 6.07) is 6.30. The zero-order valence-corrected chi connectivity index (χ0v) is 12.4. The van der Waals surface area contributed by atoms with Gasteiger partial charge >= 0.3 is 23.1 Å². The van der Waals surface area contributed by atoms with Gasteiger partial charge in [0, 0.05) is 11.6 Å². The molecule has 1 rings (SSSR count). The predicted molar refractivity (Wildman–Crippen MR) is 67.6 cm³/mol. The normalized spacial score (nSPS) is 8.70. The third-order valence-corrected chi connectivity index (χ3v) is 2.53. The van der Waals surface area contributed by atoms with E-state index in [1.807, 2.05) is 0 Å². The second-order valence-corrected chi connectivity index (χ2v) is 4.99. The topological polar surface area (TPSA) is 0 Å². The van der Waals surface area contributed by atoms with Gasteiger partial charge in [0.15, 0.2) is 0 Å². The second-order valence-electron chi connectivity index (χ2n) is 1.59. The molecule has 0 saturated heterocycles. The molecule has 0 heterocycles. The molecule has 0 radical (unpaired) electrons. The van der Waals surface area contributed by atoms with Gasteiger partial charge in [0.2, 0.25) is 0 Å². The molecule has 0 aliphatic carbocycles. The number of halogens is 3. The Morgan fingerprint density at radius 3 is 1.80 bits per heavy atom. The molecule has 1 aromatic carbocycles. The Bertz CT molecular complexity index is 184. The van der Waals surface area contributed by atoms with Crippen LogP contribution in [0.1, 0.15) is 2.85 Å². The van der Waals surface area contributed by atoms with Crippen molar-refractivity contribution in [3.63, 3.8) is 0 Å². The molecule has 0 aliphatic heterocycles. The van der Waals surface area contributed by atoms with Crippen LogP contribution in [0.4, 0.5) is 0 Å². The van der Waals surface area contributed by atoms with E-state index in [2.05, 4.69) is 79.3 Å². The van der Waals surface area contributed by atoms with Crippen LogP contribution in [-0.2, 0) is 0 Å². The summed E-state index contributed by atoms with van der Waals surface area (Å²) in [6.07, 6.45) is 0. The smallest absolute Gasteiger partial charge is 1.00 e. The Morgan fingerprint density at radius 2 is 1.50 bits per heavy atom. The van der Waals surface area contributed by atoms with Gasteiger partial charge in [-0.2, -0.15) is 0 Å². The fourth-order valence-electron chi connectivity index (χ4n) is 0.520. The first-order chi connectivity index (χ1) is 4.18. The fourth-order valence-corrected chi connectivity index (χ4v) is 3.81. The molecular weight excluding hydrogens is 430 g/mol. The molecule has 0 amide bonds. The zero-order valence-electron chi connectivity index (χ0n) is 7.07. The first kappa shape index (κ1) is 11.9. The minimum atomic E-state index is 0. The van der Waals surface area contributed by atoms with Crippen LogP contribution in [0.5, 0.6) is 0 Å². The van der Waals surface area contributed by atoms with Crippen LogP contribution in [-0.4, -0.2) is 23.1 Å². The molecule has 10 heavy (non-hydrogen) atoms. The molecule has 0 spiro atoms. The monoisotopic (exact) mass is 434 g/mol. The average molecular weight is 435 g/mol. The van der Waals surface area contributed by atoms with Gasteiger partial charge in [-0.3, -0.25) is 0 Å². The van der Waals surface area contributed by atoms with Gasteiger partial charge in [0.25, 0.3) is 0 Å². The minimum Gasteiger partial charge on any atom is -1.00 e. The molecule has 1 aromatic rings. The Balaban J connectivity index is -0.000000270. The van der Waals surface area contributed by atoms with Gasteiger partial charge in [0.05, 0.1) is 0 Å². The van der Waals surface area contributed by atoms with E-state index in [0.29, 0.717) is 0 Å². The summed E-state index contributed by atoms with van der Waals surface area (Å²) in [5.74, 6) is 0. The first-order valence-corrected chi connectivity index (χ1v) is 5.25. The van der Waals surface area contributed by atoms with Crippen molar-refractivity contribution in [1.82, 2.24) is 0 Å². The summed E-state index contributed by atoms with van der Waals surface area (Å²) in [7, 11) is 0. The van der Waals surface area contributed by atoms with Crippen LogP contribution in [0.25, 0.3) is 0 Å². The van der Waals surface area contributed by atoms with Crippen molar-refractivity contribution in [2.45, 2.75) is 0 Å². The van der Waals surface area contributed by atoms with E-state index in [0.717, 1.165) is 4.47 Å². The summed E-state index contributed by atoms with van der Waals surface area (Å²) in [4.78, 5) is 0. The standard InChI is InChI=1S/C6H3BrI2.Mg.2H/c7-4-1-5(8)3-6(9)2-4;;;/h1-3H;;;/q;+2;2*-1. The molecule has 0 saturated carbocycles. The van der Waals surface area contributed by atoms with E-state index >= 15 is 0 Å². The van der Waals surface area contributed by atoms with Crippen LogP contribution >= 0.6 is 61.1 Å². The number of benzene rings is 1. The Kier molecular flexibility index (Phi) is 6.62. The van der Waals surface area contributed by atoms with Crippen molar-refractivity contribution in [2.24, 2.45) is 0 Å². The largest absolute Gasteiger partial charge is 2.00 e. The number of rotatable bonds is 0. The van der Waals surface area contributed by atoms with Crippen molar-refractivity contribution in [2.75, 3.05) is 0 Å². The van der Waals surface area contributed by atoms with E-state index in [1.54, 1.807) is 0 Å². The van der Waals surface area contributed by atoms with Gasteiger partial charge in [-0.1, -0.05) is 15.9 Å². The quantitative estimate of drug-likeness (QED) is 0.433. The average Bonchev–Trinajstić information content (AvgIpc) is 1.59. The van der Waals surface area contributed by atoms with E-state index in [1.165, 1.54) is 7.14 Å². The molecule has 0 fully saturated rings. The maximum atomic E-state index is 3.40. The van der Waals surface area contributed by atoms with Crippen molar-refractivity contribution < 1.29 is 2.85 Å². The Hall–Kier alpha value is 1.93. The minimum absolute atomic E-state index is 0. The molecule has 0 aliphatic rings. The Morgan fingerprint density at radius 1 is 1.10 bits per heavy atom. The number of hydrogen-bond acceptors (Lipinski definition) is 0. The van der Waals surface area contributed by atoms with Gasteiger partial charge in [-0.05, 0) is 63.4 Å². The molecule has 0 unspecified atom stereocenters. The zero-order chi connectivity index (χ0) is 6.85. The first-order valence-electron chi connectivity index (χ1n) is 2.30. The van der Waals surface area contributed by atoms with Crippen LogP contribution in [0.3, 0.4) is 0 Å². The third-order valence-electron chi connectivity index (χ3n) is 0.827. The number of hydrogen-bond donors (Lipinski definition) is 0. The van der Waals surface area contributed by atoms with Crippen molar-refractivity contribution in [1.29, 1.82) is 0 Å². The summed E-state index contributed by atoms with van der Waals surface area (Å²) >= 11 is 8.00. The molecule has 0 bridgehead atoms. The second kappa shape index (κ2) is 5.55. The van der Waals surface area contributed by atoms with Gasteiger partial charge in [-0.25, -0.2) is 0 Å². The van der Waals surface area contributed by atoms with Gasteiger partial charge < -0.3 is 2.85 Å². The predicted octanol–water partition coefficient (Wildman–Crippen LogP) is 3.50. The van der Waals surface area contributed by atoms with Crippen molar-refractivity contribution in [3.8, 4) is 0 Å². The maximum Gasteiger partial charge on any atom is 2.00 e. The van der Waals surface area contributed by atoms with Gasteiger partial charge in [0.1, 0.15) is 0 Å². The SMILES string of the molecule is Brc1cc(I)cc(I)c1.[H-].[H-].[Mg+2]. The van der Waals surface area contributed by atoms with Crippen molar-refractivity contribution in [3.05, 3.63) is 29.8 Å². The van der Waals surface area contributed by atoms with Crippen LogP contribution < -0.4 is 0 Å². The molecule has 4 heteroatoms. The van der Waals surface area contributed by atoms with E-state index in [4.69, 9.17) is 0 Å². The van der Waals surface area contributed by atoms with E-state index < -0.39 is 0 Å². The molecule has 0 N–H and O–H groups in total. The summed E-state index contributed by atoms with van der Waals surface area (Å²) < 4.78 is 3.69. The third kappa shape index (κ3) is 4.08. The summed E-state index contributed by atoms with van der Waals surface area (Å²) in [5.41, 5.74) is 0. The molecule has 0 nitrogen and oxygen atoms in total. The summed E-state index contributed by atoms with van der Waals surface area (Å²) in [5, 5.41) is 0.